The van der Waals surface area contributed by atoms with Gasteiger partial charge in [0, 0.05) is 22.1 Å². The molecule has 3 N–H and O–H groups in total. The summed E-state index contributed by atoms with van der Waals surface area (Å²) in [5, 5.41) is 2.95. The van der Waals surface area contributed by atoms with Gasteiger partial charge >= 0.3 is 0 Å². The van der Waals surface area contributed by atoms with Gasteiger partial charge in [0.05, 0.1) is 0 Å². The summed E-state index contributed by atoms with van der Waals surface area (Å²) in [4.78, 5) is 11.7. The third kappa shape index (κ3) is 2.58. The fraction of sp³-hybridized carbons (Fsp3) is 0.364. The number of hydrogen-bond acceptors (Lipinski definition) is 2. The fourth-order valence-corrected chi connectivity index (χ4v) is 1.91. The van der Waals surface area contributed by atoms with Crippen molar-refractivity contribution in [3.8, 4) is 0 Å². The maximum Gasteiger partial charge on any atom is 0.251 e. The van der Waals surface area contributed by atoms with Crippen LogP contribution >= 0.6 is 15.9 Å². The molecule has 1 aromatic carbocycles. The Morgan fingerprint density at radius 1 is 1.33 bits per heavy atom. The Bertz CT molecular complexity index is 357. The summed E-state index contributed by atoms with van der Waals surface area (Å²) in [6.07, 6.45) is 1.78. The minimum Gasteiger partial charge on any atom is -0.349 e. The highest BCUT2D eigenvalue weighted by atomic mass is 79.9. The Balaban J connectivity index is 1.93. The van der Waals surface area contributed by atoms with Crippen LogP contribution in [0, 0.1) is 0 Å². The second-order valence-corrected chi connectivity index (χ2v) is 4.82. The Labute approximate surface area is 97.2 Å². The average Bonchev–Trinajstić information content (AvgIpc) is 2.16. The van der Waals surface area contributed by atoms with Gasteiger partial charge in [-0.1, -0.05) is 15.9 Å². The second kappa shape index (κ2) is 4.33. The van der Waals surface area contributed by atoms with E-state index < -0.39 is 0 Å². The smallest absolute Gasteiger partial charge is 0.251 e. The molecule has 2 rings (SSSR count). The number of nitrogens with two attached hydrogens (primary N) is 1. The first-order valence-electron chi connectivity index (χ1n) is 4.97. The molecule has 4 heteroatoms. The molecule has 0 aromatic heterocycles. The van der Waals surface area contributed by atoms with Crippen LogP contribution in [0.25, 0.3) is 0 Å². The van der Waals surface area contributed by atoms with Gasteiger partial charge in [-0.15, -0.1) is 0 Å². The van der Waals surface area contributed by atoms with Crippen molar-refractivity contribution in [2.45, 2.75) is 24.9 Å². The van der Waals surface area contributed by atoms with Crippen LogP contribution in [-0.4, -0.2) is 18.0 Å². The Hall–Kier alpha value is -0.870. The van der Waals surface area contributed by atoms with Crippen molar-refractivity contribution in [3.05, 3.63) is 34.3 Å². The lowest BCUT2D eigenvalue weighted by Gasteiger charge is -2.32. The highest BCUT2D eigenvalue weighted by Crippen LogP contribution is 2.18. The van der Waals surface area contributed by atoms with Gasteiger partial charge in [-0.25, -0.2) is 0 Å². The van der Waals surface area contributed by atoms with E-state index in [9.17, 15) is 4.79 Å². The number of halogens is 1. The van der Waals surface area contributed by atoms with E-state index in [4.69, 9.17) is 5.73 Å². The van der Waals surface area contributed by atoms with Gasteiger partial charge in [-0.2, -0.15) is 0 Å². The summed E-state index contributed by atoms with van der Waals surface area (Å²) in [6, 6.07) is 7.86. The lowest BCUT2D eigenvalue weighted by atomic mass is 9.87. The van der Waals surface area contributed by atoms with Crippen LogP contribution in [0.1, 0.15) is 23.2 Å². The molecule has 1 aliphatic rings. The molecule has 0 heterocycles. The first-order valence-corrected chi connectivity index (χ1v) is 5.76. The summed E-state index contributed by atoms with van der Waals surface area (Å²) >= 11 is 3.33. The standard InChI is InChI=1S/C11H13BrN2O/c12-8-3-1-7(2-4-8)11(15)14-10-5-9(13)6-10/h1-4,9-10H,5-6,13H2,(H,14,15). The van der Waals surface area contributed by atoms with E-state index >= 15 is 0 Å². The molecule has 1 fully saturated rings. The quantitative estimate of drug-likeness (QED) is 0.858. The van der Waals surface area contributed by atoms with E-state index in [-0.39, 0.29) is 18.0 Å². The fourth-order valence-electron chi connectivity index (χ4n) is 1.65. The number of rotatable bonds is 2. The zero-order valence-electron chi connectivity index (χ0n) is 8.24. The molecule has 1 amide bonds. The van der Waals surface area contributed by atoms with Crippen molar-refractivity contribution in [1.29, 1.82) is 0 Å². The topological polar surface area (TPSA) is 55.1 Å². The van der Waals surface area contributed by atoms with Gasteiger partial charge in [-0.05, 0) is 37.1 Å². The molecule has 1 aromatic rings. The van der Waals surface area contributed by atoms with Crippen molar-refractivity contribution in [2.75, 3.05) is 0 Å². The first-order chi connectivity index (χ1) is 7.15. The van der Waals surface area contributed by atoms with Gasteiger partial charge in [-0.3, -0.25) is 4.79 Å². The summed E-state index contributed by atoms with van der Waals surface area (Å²) < 4.78 is 0.977. The van der Waals surface area contributed by atoms with Gasteiger partial charge in [0.1, 0.15) is 0 Å². The molecule has 0 atom stereocenters. The molecule has 1 saturated carbocycles. The summed E-state index contributed by atoms with van der Waals surface area (Å²) in [5.41, 5.74) is 6.34. The lowest BCUT2D eigenvalue weighted by Crippen LogP contribution is -2.50. The van der Waals surface area contributed by atoms with E-state index in [0.717, 1.165) is 17.3 Å². The highest BCUT2D eigenvalue weighted by molar-refractivity contribution is 9.10. The molecule has 0 unspecified atom stereocenters. The SMILES string of the molecule is NC1CC(NC(=O)c2ccc(Br)cc2)C1. The van der Waals surface area contributed by atoms with Crippen LogP contribution in [0.4, 0.5) is 0 Å². The van der Waals surface area contributed by atoms with Crippen molar-refractivity contribution in [3.63, 3.8) is 0 Å². The van der Waals surface area contributed by atoms with Crippen molar-refractivity contribution >= 4 is 21.8 Å². The predicted octanol–water partition coefficient (Wildman–Crippen LogP) is 1.67. The summed E-state index contributed by atoms with van der Waals surface area (Å²) in [6.45, 7) is 0. The number of carbonyl (C=O) groups excluding carboxylic acids is 1. The van der Waals surface area contributed by atoms with Crippen molar-refractivity contribution in [1.82, 2.24) is 5.32 Å². The molecule has 80 valence electrons. The van der Waals surface area contributed by atoms with Gasteiger partial charge < -0.3 is 11.1 Å². The van der Waals surface area contributed by atoms with Crippen LogP contribution in [-0.2, 0) is 0 Å². The van der Waals surface area contributed by atoms with Gasteiger partial charge in [0.25, 0.3) is 5.91 Å². The molecule has 0 bridgehead atoms. The number of nitrogens with one attached hydrogen (secondary N) is 1. The molecular weight excluding hydrogens is 256 g/mol. The second-order valence-electron chi connectivity index (χ2n) is 3.91. The zero-order chi connectivity index (χ0) is 10.8. The largest absolute Gasteiger partial charge is 0.349 e. The maximum atomic E-state index is 11.7. The van der Waals surface area contributed by atoms with Gasteiger partial charge in [0.15, 0.2) is 0 Å². The van der Waals surface area contributed by atoms with Crippen molar-refractivity contribution < 1.29 is 4.79 Å². The molecule has 3 nitrogen and oxygen atoms in total. The molecule has 0 aliphatic heterocycles. The van der Waals surface area contributed by atoms with E-state index in [1.165, 1.54) is 0 Å². The predicted molar refractivity (Wildman–Crippen MR) is 62.6 cm³/mol. The number of hydrogen-bond donors (Lipinski definition) is 2. The molecule has 15 heavy (non-hydrogen) atoms. The van der Waals surface area contributed by atoms with E-state index in [1.54, 1.807) is 12.1 Å². The number of carbonyl (C=O) groups is 1. The molecule has 0 spiro atoms. The van der Waals surface area contributed by atoms with Crippen molar-refractivity contribution in [2.24, 2.45) is 5.73 Å². The summed E-state index contributed by atoms with van der Waals surface area (Å²) in [7, 11) is 0. The molecular formula is C11H13BrN2O. The monoisotopic (exact) mass is 268 g/mol. The van der Waals surface area contributed by atoms with Crippen LogP contribution in [0.2, 0.25) is 0 Å². The number of benzene rings is 1. The lowest BCUT2D eigenvalue weighted by molar-refractivity contribution is 0.0910. The van der Waals surface area contributed by atoms with E-state index in [1.807, 2.05) is 12.1 Å². The molecule has 1 aliphatic carbocycles. The van der Waals surface area contributed by atoms with Gasteiger partial charge in [0.2, 0.25) is 0 Å². The molecule has 0 radical (unpaired) electrons. The van der Waals surface area contributed by atoms with Crippen LogP contribution in [0.5, 0.6) is 0 Å². The minimum atomic E-state index is -0.0144. The third-order valence-electron chi connectivity index (χ3n) is 2.62. The summed E-state index contributed by atoms with van der Waals surface area (Å²) in [5.74, 6) is -0.0144. The number of amides is 1. The minimum absolute atomic E-state index is 0.0144. The molecule has 0 saturated heterocycles. The average molecular weight is 269 g/mol. The van der Waals surface area contributed by atoms with Crippen LogP contribution in [0.15, 0.2) is 28.7 Å². The zero-order valence-corrected chi connectivity index (χ0v) is 9.83. The van der Waals surface area contributed by atoms with Crippen LogP contribution in [0.3, 0.4) is 0 Å². The Kier molecular flexibility index (Phi) is 3.07. The van der Waals surface area contributed by atoms with E-state index in [2.05, 4.69) is 21.2 Å². The van der Waals surface area contributed by atoms with E-state index in [0.29, 0.717) is 5.56 Å². The van der Waals surface area contributed by atoms with Crippen LogP contribution < -0.4 is 11.1 Å². The first kappa shape index (κ1) is 10.6. The maximum absolute atomic E-state index is 11.7. The third-order valence-corrected chi connectivity index (χ3v) is 3.14. The Morgan fingerprint density at radius 3 is 2.47 bits per heavy atom. The Morgan fingerprint density at radius 2 is 1.93 bits per heavy atom. The highest BCUT2D eigenvalue weighted by Gasteiger charge is 2.27. The normalized spacial score (nSPS) is 24.4.